The molecule has 2 aromatic carbocycles. The molecule has 0 saturated heterocycles. The maximum atomic E-state index is 12.5. The average molecular weight is 541 g/mol. The number of rotatable bonds is 6. The molecule has 8 heteroatoms. The van der Waals surface area contributed by atoms with Gasteiger partial charge in [0.1, 0.15) is 12.3 Å². The highest BCUT2D eigenvalue weighted by Crippen LogP contribution is 2.25. The van der Waals surface area contributed by atoms with Crippen molar-refractivity contribution in [1.82, 2.24) is 19.2 Å². The molecule has 0 aliphatic rings. The number of hydrogen-bond acceptors (Lipinski definition) is 5. The minimum Gasteiger partial charge on any atom is -0.456 e. The van der Waals surface area contributed by atoms with Crippen molar-refractivity contribution in [1.29, 1.82) is 0 Å². The van der Waals surface area contributed by atoms with Crippen molar-refractivity contribution in [3.8, 4) is 16.9 Å². The number of hydrogen-bond donors (Lipinski definition) is 0. The second-order valence-corrected chi connectivity index (χ2v) is 9.10. The molecule has 0 bridgehead atoms. The number of benzene rings is 2. The fourth-order valence-corrected chi connectivity index (χ4v) is 4.05. The lowest BCUT2D eigenvalue weighted by molar-refractivity contribution is -0.139. The van der Waals surface area contributed by atoms with Crippen LogP contribution in [0.2, 0.25) is 0 Å². The van der Waals surface area contributed by atoms with Crippen LogP contribution in [0.5, 0.6) is 0 Å². The van der Waals surface area contributed by atoms with E-state index in [2.05, 4.69) is 20.9 Å². The van der Waals surface area contributed by atoms with Crippen LogP contribution in [0.3, 0.4) is 0 Å². The molecule has 0 amide bonds. The number of nitrogens with zero attached hydrogens (tertiary/aromatic N) is 4. The number of aromatic nitrogens is 4. The summed E-state index contributed by atoms with van der Waals surface area (Å²) < 4.78 is 9.33. The van der Waals surface area contributed by atoms with Crippen molar-refractivity contribution < 1.29 is 9.53 Å². The number of carbonyl (C=O) groups excluding carboxylic acids is 1. The monoisotopic (exact) mass is 540 g/mol. The van der Waals surface area contributed by atoms with Gasteiger partial charge in [0.25, 0.3) is 5.56 Å². The summed E-state index contributed by atoms with van der Waals surface area (Å²) in [5.41, 5.74) is 5.12. The molecule has 0 radical (unpaired) electrons. The molecular formula is C28H21BrN4O3. The van der Waals surface area contributed by atoms with Gasteiger partial charge in [-0.1, -0.05) is 48.0 Å². The molecule has 178 valence electrons. The van der Waals surface area contributed by atoms with Crippen molar-refractivity contribution in [2.24, 2.45) is 0 Å². The van der Waals surface area contributed by atoms with E-state index in [4.69, 9.17) is 9.84 Å². The van der Waals surface area contributed by atoms with Gasteiger partial charge in [-0.15, -0.1) is 0 Å². The van der Waals surface area contributed by atoms with Crippen LogP contribution >= 0.6 is 15.9 Å². The van der Waals surface area contributed by atoms with E-state index in [1.54, 1.807) is 29.1 Å². The second-order valence-electron chi connectivity index (χ2n) is 8.18. The zero-order valence-corrected chi connectivity index (χ0v) is 20.9. The van der Waals surface area contributed by atoms with Crippen LogP contribution in [0.1, 0.15) is 16.8 Å². The summed E-state index contributed by atoms with van der Waals surface area (Å²) in [7, 11) is 0. The van der Waals surface area contributed by atoms with Gasteiger partial charge in [0.05, 0.1) is 17.1 Å². The predicted molar refractivity (Wildman–Crippen MR) is 142 cm³/mol. The Morgan fingerprint density at radius 1 is 1.03 bits per heavy atom. The van der Waals surface area contributed by atoms with Crippen LogP contribution in [0.15, 0.2) is 101 Å². The van der Waals surface area contributed by atoms with E-state index in [1.807, 2.05) is 67.7 Å². The van der Waals surface area contributed by atoms with E-state index in [1.165, 1.54) is 16.5 Å². The highest BCUT2D eigenvalue weighted by atomic mass is 79.9. The van der Waals surface area contributed by atoms with E-state index < -0.39 is 5.97 Å². The molecule has 0 fully saturated rings. The van der Waals surface area contributed by atoms with Crippen molar-refractivity contribution in [3.05, 3.63) is 123 Å². The zero-order chi connectivity index (χ0) is 25.1. The summed E-state index contributed by atoms with van der Waals surface area (Å²) in [6.07, 6.45) is 6.56. The maximum Gasteiger partial charge on any atom is 0.331 e. The van der Waals surface area contributed by atoms with E-state index in [0.29, 0.717) is 11.3 Å². The van der Waals surface area contributed by atoms with Gasteiger partial charge >= 0.3 is 5.97 Å². The normalized spacial score (nSPS) is 11.3. The van der Waals surface area contributed by atoms with Gasteiger partial charge in [0.2, 0.25) is 0 Å². The van der Waals surface area contributed by atoms with Crippen LogP contribution < -0.4 is 5.56 Å². The van der Waals surface area contributed by atoms with E-state index in [9.17, 15) is 9.59 Å². The minimum atomic E-state index is -0.546. The van der Waals surface area contributed by atoms with Gasteiger partial charge in [-0.25, -0.2) is 14.5 Å². The molecule has 0 aliphatic carbocycles. The molecule has 0 atom stereocenters. The van der Waals surface area contributed by atoms with Crippen molar-refractivity contribution in [2.75, 3.05) is 0 Å². The van der Waals surface area contributed by atoms with E-state index >= 15 is 0 Å². The second kappa shape index (κ2) is 10.1. The lowest BCUT2D eigenvalue weighted by Crippen LogP contribution is -2.16. The Morgan fingerprint density at radius 3 is 2.58 bits per heavy atom. The molecule has 5 aromatic rings. The summed E-state index contributed by atoms with van der Waals surface area (Å²) >= 11 is 3.34. The first-order valence-electron chi connectivity index (χ1n) is 11.2. The van der Waals surface area contributed by atoms with Crippen LogP contribution in [0.25, 0.3) is 28.7 Å². The van der Waals surface area contributed by atoms with Gasteiger partial charge < -0.3 is 4.74 Å². The Balaban J connectivity index is 1.37. The Hall–Kier alpha value is -4.30. The fraction of sp³-hybridized carbons (Fsp3) is 0.0714. The van der Waals surface area contributed by atoms with Crippen LogP contribution in [-0.2, 0) is 16.1 Å². The van der Waals surface area contributed by atoms with Gasteiger partial charge in [0.15, 0.2) is 0 Å². The SMILES string of the molecule is Cc1ccc(-c2nn(-c3ccccc3)cc2/C=C/C(=O)OCc2cc(=O)n3cc(Br)ccc3n2)cc1. The molecule has 5 rings (SSSR count). The first-order valence-corrected chi connectivity index (χ1v) is 12.0. The summed E-state index contributed by atoms with van der Waals surface area (Å²) in [5, 5.41) is 4.76. The van der Waals surface area contributed by atoms with E-state index in [0.717, 1.165) is 32.5 Å². The molecule has 0 N–H and O–H groups in total. The van der Waals surface area contributed by atoms with Gasteiger partial charge in [-0.2, -0.15) is 5.10 Å². The minimum absolute atomic E-state index is 0.112. The number of ether oxygens (including phenoxy) is 1. The summed E-state index contributed by atoms with van der Waals surface area (Å²) in [4.78, 5) is 29.2. The summed E-state index contributed by atoms with van der Waals surface area (Å²) in [6, 6.07) is 22.7. The number of fused-ring (bicyclic) bond motifs is 1. The number of para-hydroxylation sites is 1. The predicted octanol–water partition coefficient (Wildman–Crippen LogP) is 5.37. The first kappa shape index (κ1) is 23.4. The third-order valence-corrected chi connectivity index (χ3v) is 6.00. The third kappa shape index (κ3) is 5.18. The van der Waals surface area contributed by atoms with Gasteiger partial charge in [0, 0.05) is 40.1 Å². The molecule has 7 nitrogen and oxygen atoms in total. The first-order chi connectivity index (χ1) is 17.5. The standard InChI is InChI=1S/C28H21BrN4O3/c1-19-7-9-20(10-8-19)28-21(16-33(31-28)24-5-3-2-4-6-24)11-14-27(35)36-18-23-15-26(34)32-17-22(29)12-13-25(32)30-23/h2-17H,18H2,1H3/b14-11+. The van der Waals surface area contributed by atoms with E-state index in [-0.39, 0.29) is 12.2 Å². The summed E-state index contributed by atoms with van der Waals surface area (Å²) in [6.45, 7) is 1.92. The molecule has 3 aromatic heterocycles. The third-order valence-electron chi connectivity index (χ3n) is 5.53. The van der Waals surface area contributed by atoms with Crippen molar-refractivity contribution in [2.45, 2.75) is 13.5 Å². The number of esters is 1. The number of carbonyl (C=O) groups is 1. The molecular weight excluding hydrogens is 520 g/mol. The number of aryl methyl sites for hydroxylation is 1. The van der Waals surface area contributed by atoms with Crippen molar-refractivity contribution >= 4 is 33.6 Å². The Labute approximate surface area is 215 Å². The van der Waals surface area contributed by atoms with Crippen LogP contribution in [0.4, 0.5) is 0 Å². The highest BCUT2D eigenvalue weighted by molar-refractivity contribution is 9.10. The molecule has 0 spiro atoms. The molecule has 36 heavy (non-hydrogen) atoms. The lowest BCUT2D eigenvalue weighted by Gasteiger charge is -2.05. The van der Waals surface area contributed by atoms with Crippen LogP contribution in [-0.4, -0.2) is 25.1 Å². The number of halogens is 1. The molecule has 0 unspecified atom stereocenters. The largest absolute Gasteiger partial charge is 0.456 e. The fourth-order valence-electron chi connectivity index (χ4n) is 3.71. The quantitative estimate of drug-likeness (QED) is 0.213. The van der Waals surface area contributed by atoms with Crippen LogP contribution in [0, 0.1) is 6.92 Å². The number of pyridine rings is 1. The maximum absolute atomic E-state index is 12.5. The van der Waals surface area contributed by atoms with Crippen molar-refractivity contribution in [3.63, 3.8) is 0 Å². The Morgan fingerprint density at radius 2 is 1.81 bits per heavy atom. The molecule has 0 saturated carbocycles. The zero-order valence-electron chi connectivity index (χ0n) is 19.3. The topological polar surface area (TPSA) is 78.5 Å². The molecule has 0 aliphatic heterocycles. The average Bonchev–Trinajstić information content (AvgIpc) is 3.32. The smallest absolute Gasteiger partial charge is 0.331 e. The molecule has 3 heterocycles. The highest BCUT2D eigenvalue weighted by Gasteiger charge is 2.12. The Kier molecular flexibility index (Phi) is 6.60. The van der Waals surface area contributed by atoms with Gasteiger partial charge in [-0.05, 0) is 53.2 Å². The van der Waals surface area contributed by atoms with Gasteiger partial charge in [-0.3, -0.25) is 9.20 Å². The summed E-state index contributed by atoms with van der Waals surface area (Å²) in [5.74, 6) is -0.546. The lowest BCUT2D eigenvalue weighted by atomic mass is 10.1. The Bertz CT molecular complexity index is 1640.